The van der Waals surface area contributed by atoms with Crippen LogP contribution in [0, 0.1) is 0 Å². The predicted octanol–water partition coefficient (Wildman–Crippen LogP) is 2.22. The summed E-state index contributed by atoms with van der Waals surface area (Å²) in [6.07, 6.45) is 0.214. The summed E-state index contributed by atoms with van der Waals surface area (Å²) in [4.78, 5) is 33.2. The molecule has 0 atom stereocenters. The van der Waals surface area contributed by atoms with Crippen LogP contribution in [0.25, 0.3) is 0 Å². The number of carbonyl (C=O) groups is 1. The number of halogens is 3. The van der Waals surface area contributed by atoms with Gasteiger partial charge in [0.2, 0.25) is 5.92 Å². The minimum Gasteiger partial charge on any atom is -0.384 e. The Morgan fingerprint density at radius 3 is 2.56 bits per heavy atom. The first-order valence-corrected chi connectivity index (χ1v) is 8.60. The first kappa shape index (κ1) is 17.7. The van der Waals surface area contributed by atoms with Crippen LogP contribution < -0.4 is 21.9 Å². The highest BCUT2D eigenvalue weighted by molar-refractivity contribution is 6.34. The van der Waals surface area contributed by atoms with Gasteiger partial charge in [-0.3, -0.25) is 14.2 Å². The SMILES string of the molecule is Nc1cc(Nc2cc(Cl)c3n(c2=O)C2(CCC(F)(F)CC2)NC3=O)ncn1. The highest BCUT2D eigenvalue weighted by Gasteiger charge is 2.51. The van der Waals surface area contributed by atoms with Crippen LogP contribution in [0.15, 0.2) is 23.3 Å². The van der Waals surface area contributed by atoms with Crippen LogP contribution in [0.4, 0.5) is 26.1 Å². The van der Waals surface area contributed by atoms with Gasteiger partial charge >= 0.3 is 0 Å². The number of fused-ring (bicyclic) bond motifs is 2. The van der Waals surface area contributed by atoms with Crippen molar-refractivity contribution < 1.29 is 13.6 Å². The first-order valence-electron chi connectivity index (χ1n) is 8.22. The lowest BCUT2D eigenvalue weighted by atomic mass is 9.86. The summed E-state index contributed by atoms with van der Waals surface area (Å²) in [5, 5.41) is 5.52. The number of aromatic nitrogens is 3. The minimum absolute atomic E-state index is 0.0281. The smallest absolute Gasteiger partial charge is 0.276 e. The van der Waals surface area contributed by atoms with Gasteiger partial charge in [-0.15, -0.1) is 0 Å². The molecule has 4 rings (SSSR count). The number of carbonyl (C=O) groups excluding carboxylic acids is 1. The standard InChI is InChI=1S/C16H15ClF2N6O2/c17-8-5-9(23-11-6-10(20)21-7-22-11)14(27)25-12(8)13(26)24-16(25)3-1-15(18,19)2-4-16/h5-7H,1-4H2,(H,24,26)(H3,20,21,22,23). The molecule has 2 aliphatic rings. The summed E-state index contributed by atoms with van der Waals surface area (Å²) < 4.78 is 28.5. The second-order valence-corrected chi connectivity index (χ2v) is 7.10. The molecule has 1 aliphatic heterocycles. The third-order valence-electron chi connectivity index (χ3n) is 4.90. The van der Waals surface area contributed by atoms with E-state index >= 15 is 0 Å². The van der Waals surface area contributed by atoms with Crippen molar-refractivity contribution in [3.63, 3.8) is 0 Å². The number of hydrogen-bond donors (Lipinski definition) is 3. The Morgan fingerprint density at radius 1 is 1.19 bits per heavy atom. The van der Waals surface area contributed by atoms with Crippen molar-refractivity contribution in [2.24, 2.45) is 0 Å². The zero-order chi connectivity index (χ0) is 19.4. The van der Waals surface area contributed by atoms with Gasteiger partial charge in [0.1, 0.15) is 35.0 Å². The van der Waals surface area contributed by atoms with Crippen LogP contribution in [-0.4, -0.2) is 26.4 Å². The molecule has 142 valence electrons. The maximum atomic E-state index is 13.6. The van der Waals surface area contributed by atoms with Crippen molar-refractivity contribution in [3.8, 4) is 0 Å². The third-order valence-corrected chi connectivity index (χ3v) is 5.19. The van der Waals surface area contributed by atoms with E-state index in [2.05, 4.69) is 20.6 Å². The van der Waals surface area contributed by atoms with Crippen LogP contribution in [0.5, 0.6) is 0 Å². The van der Waals surface area contributed by atoms with Crippen molar-refractivity contribution in [2.75, 3.05) is 11.1 Å². The maximum absolute atomic E-state index is 13.6. The zero-order valence-corrected chi connectivity index (χ0v) is 14.7. The van der Waals surface area contributed by atoms with Crippen molar-refractivity contribution in [1.82, 2.24) is 19.9 Å². The molecule has 0 bridgehead atoms. The Balaban J connectivity index is 1.81. The van der Waals surface area contributed by atoms with E-state index in [1.165, 1.54) is 23.0 Å². The van der Waals surface area contributed by atoms with Gasteiger partial charge in [-0.1, -0.05) is 11.6 Å². The number of nitrogens with one attached hydrogen (secondary N) is 2. The van der Waals surface area contributed by atoms with Gasteiger partial charge in [0, 0.05) is 18.9 Å². The van der Waals surface area contributed by atoms with E-state index < -0.39 is 35.9 Å². The van der Waals surface area contributed by atoms with E-state index in [4.69, 9.17) is 17.3 Å². The van der Waals surface area contributed by atoms with E-state index in [9.17, 15) is 18.4 Å². The second-order valence-electron chi connectivity index (χ2n) is 6.69. The number of alkyl halides is 2. The van der Waals surface area contributed by atoms with Gasteiger partial charge in [-0.25, -0.2) is 18.7 Å². The number of nitrogen functional groups attached to an aromatic ring is 1. The summed E-state index contributed by atoms with van der Waals surface area (Å²) in [7, 11) is 0. The summed E-state index contributed by atoms with van der Waals surface area (Å²) in [5.74, 6) is -2.92. The van der Waals surface area contributed by atoms with Gasteiger partial charge in [-0.05, 0) is 18.9 Å². The molecule has 2 aromatic heterocycles. The first-order chi connectivity index (χ1) is 12.7. The van der Waals surface area contributed by atoms with Crippen molar-refractivity contribution in [1.29, 1.82) is 0 Å². The molecule has 4 N–H and O–H groups in total. The molecule has 11 heteroatoms. The van der Waals surface area contributed by atoms with Crippen molar-refractivity contribution >= 4 is 34.8 Å². The van der Waals surface area contributed by atoms with Crippen molar-refractivity contribution in [2.45, 2.75) is 37.3 Å². The number of nitrogens with two attached hydrogens (primary N) is 1. The number of rotatable bonds is 2. The molecule has 0 radical (unpaired) electrons. The largest absolute Gasteiger partial charge is 0.384 e. The molecule has 1 amide bonds. The van der Waals surface area contributed by atoms with Crippen LogP contribution in [0.1, 0.15) is 36.2 Å². The molecule has 1 aliphatic carbocycles. The fourth-order valence-electron chi connectivity index (χ4n) is 3.58. The average molecular weight is 397 g/mol. The molecule has 2 aromatic rings. The van der Waals surface area contributed by atoms with Gasteiger partial charge in [-0.2, -0.15) is 0 Å². The fourth-order valence-corrected chi connectivity index (χ4v) is 3.86. The Bertz CT molecular complexity index is 999. The third kappa shape index (κ3) is 2.89. The minimum atomic E-state index is -2.82. The van der Waals surface area contributed by atoms with Crippen LogP contribution in [0.2, 0.25) is 5.02 Å². The van der Waals surface area contributed by atoms with Crippen molar-refractivity contribution in [3.05, 3.63) is 39.5 Å². The molecule has 27 heavy (non-hydrogen) atoms. The molecule has 0 saturated heterocycles. The van der Waals surface area contributed by atoms with E-state index in [-0.39, 0.29) is 40.9 Å². The predicted molar refractivity (Wildman–Crippen MR) is 94.3 cm³/mol. The molecule has 1 fully saturated rings. The zero-order valence-electron chi connectivity index (χ0n) is 13.9. The Hall–Kier alpha value is -2.75. The van der Waals surface area contributed by atoms with E-state index in [0.29, 0.717) is 0 Å². The second kappa shape index (κ2) is 5.88. The Morgan fingerprint density at radius 2 is 1.89 bits per heavy atom. The van der Waals surface area contributed by atoms with Gasteiger partial charge in [0.25, 0.3) is 11.5 Å². The molecule has 3 heterocycles. The lowest BCUT2D eigenvalue weighted by molar-refractivity contribution is -0.0667. The van der Waals surface area contributed by atoms with Crippen LogP contribution in [-0.2, 0) is 5.66 Å². The summed E-state index contributed by atoms with van der Waals surface area (Å²) >= 11 is 6.23. The van der Waals surface area contributed by atoms with E-state index in [1.807, 2.05) is 0 Å². The van der Waals surface area contributed by atoms with E-state index in [1.54, 1.807) is 0 Å². The quantitative estimate of drug-likeness (QED) is 0.717. The summed E-state index contributed by atoms with van der Waals surface area (Å²) in [6, 6.07) is 2.73. The highest BCUT2D eigenvalue weighted by atomic mass is 35.5. The topological polar surface area (TPSA) is 115 Å². The Labute approximate surface area is 156 Å². The molecule has 1 saturated carbocycles. The number of anilines is 3. The van der Waals surface area contributed by atoms with Crippen LogP contribution >= 0.6 is 11.6 Å². The lowest BCUT2D eigenvalue weighted by Gasteiger charge is -2.38. The summed E-state index contributed by atoms with van der Waals surface area (Å²) in [6.45, 7) is 0. The maximum Gasteiger partial charge on any atom is 0.276 e. The molecular weight excluding hydrogens is 382 g/mol. The molecule has 0 aromatic carbocycles. The number of amides is 1. The van der Waals surface area contributed by atoms with Crippen LogP contribution in [0.3, 0.4) is 0 Å². The van der Waals surface area contributed by atoms with Gasteiger partial charge in [0.05, 0.1) is 5.02 Å². The number of pyridine rings is 1. The number of hydrogen-bond acceptors (Lipinski definition) is 6. The summed E-state index contributed by atoms with van der Waals surface area (Å²) in [5.41, 5.74) is 3.85. The molecule has 0 unspecified atom stereocenters. The van der Waals surface area contributed by atoms with Gasteiger partial charge < -0.3 is 16.4 Å². The van der Waals surface area contributed by atoms with Gasteiger partial charge in [0.15, 0.2) is 0 Å². The lowest BCUT2D eigenvalue weighted by Crippen LogP contribution is -2.51. The Kier molecular flexibility index (Phi) is 3.84. The fraction of sp³-hybridized carbons (Fsp3) is 0.375. The monoisotopic (exact) mass is 396 g/mol. The highest BCUT2D eigenvalue weighted by Crippen LogP contribution is 2.44. The molecular formula is C16H15ClF2N6O2. The normalized spacial score (nSPS) is 19.6. The number of nitrogens with zero attached hydrogens (tertiary/aromatic N) is 3. The van der Waals surface area contributed by atoms with E-state index in [0.717, 1.165) is 0 Å². The average Bonchev–Trinajstić information content (AvgIpc) is 2.89. The molecule has 1 spiro atoms. The molecule has 8 nitrogen and oxygen atoms in total.